The van der Waals surface area contributed by atoms with Gasteiger partial charge in [-0.3, -0.25) is 24.5 Å². The lowest BCUT2D eigenvalue weighted by atomic mass is 10.2. The molecule has 2 N–H and O–H groups in total. The summed E-state index contributed by atoms with van der Waals surface area (Å²) in [5, 5.41) is 15.9. The van der Waals surface area contributed by atoms with Gasteiger partial charge in [0.05, 0.1) is 24.3 Å². The maximum absolute atomic E-state index is 12.2. The van der Waals surface area contributed by atoms with Gasteiger partial charge in [-0.1, -0.05) is 6.07 Å². The van der Waals surface area contributed by atoms with Crippen molar-refractivity contribution in [1.29, 1.82) is 0 Å². The van der Waals surface area contributed by atoms with Gasteiger partial charge in [-0.15, -0.1) is 0 Å². The van der Waals surface area contributed by atoms with Gasteiger partial charge in [0.1, 0.15) is 5.75 Å². The number of benzene rings is 2. The van der Waals surface area contributed by atoms with Gasteiger partial charge in [0.25, 0.3) is 11.6 Å². The predicted molar refractivity (Wildman–Crippen MR) is 109 cm³/mol. The molecule has 1 heterocycles. The van der Waals surface area contributed by atoms with E-state index in [0.717, 1.165) is 12.5 Å². The molecule has 1 saturated heterocycles. The topological polar surface area (TPSA) is 131 Å². The Morgan fingerprint density at radius 2 is 2.03 bits per heavy atom. The first kappa shape index (κ1) is 20.8. The SMILES string of the molecule is COc1cc(NC(=O)CNC(=O)c2cccc([N+](=O)[O-])c2)ccc1N1CCCC1=O. The van der Waals surface area contributed by atoms with Crippen LogP contribution in [0, 0.1) is 10.1 Å². The molecule has 0 radical (unpaired) electrons. The van der Waals surface area contributed by atoms with Crippen molar-refractivity contribution >= 4 is 34.8 Å². The van der Waals surface area contributed by atoms with Gasteiger partial charge >= 0.3 is 0 Å². The van der Waals surface area contributed by atoms with E-state index in [1.807, 2.05) is 0 Å². The van der Waals surface area contributed by atoms with Crippen molar-refractivity contribution in [1.82, 2.24) is 5.32 Å². The van der Waals surface area contributed by atoms with E-state index in [0.29, 0.717) is 30.1 Å². The third-order valence-corrected chi connectivity index (χ3v) is 4.56. The first-order chi connectivity index (χ1) is 14.4. The summed E-state index contributed by atoms with van der Waals surface area (Å²) in [6, 6.07) is 10.2. The standard InChI is InChI=1S/C20H20N4O6/c1-30-17-11-14(7-8-16(17)23-9-3-6-19(23)26)22-18(25)12-21-20(27)13-4-2-5-15(10-13)24(28)29/h2,4-5,7-8,10-11H,3,6,9,12H2,1H3,(H,21,27)(H,22,25). The molecule has 0 saturated carbocycles. The highest BCUT2D eigenvalue weighted by atomic mass is 16.6. The number of nitrogens with one attached hydrogen (secondary N) is 2. The van der Waals surface area contributed by atoms with E-state index in [9.17, 15) is 24.5 Å². The van der Waals surface area contributed by atoms with Crippen molar-refractivity contribution in [2.75, 3.05) is 30.4 Å². The summed E-state index contributed by atoms with van der Waals surface area (Å²) >= 11 is 0. The average molecular weight is 412 g/mol. The first-order valence-electron chi connectivity index (χ1n) is 9.20. The number of hydrogen-bond donors (Lipinski definition) is 2. The van der Waals surface area contributed by atoms with Crippen molar-refractivity contribution in [2.45, 2.75) is 12.8 Å². The van der Waals surface area contributed by atoms with Crippen LogP contribution in [0.3, 0.4) is 0 Å². The molecule has 0 aromatic heterocycles. The molecule has 1 aliphatic heterocycles. The van der Waals surface area contributed by atoms with Gasteiger partial charge in [0.15, 0.2) is 0 Å². The molecule has 30 heavy (non-hydrogen) atoms. The zero-order valence-electron chi connectivity index (χ0n) is 16.2. The molecule has 1 aliphatic rings. The van der Waals surface area contributed by atoms with E-state index in [1.54, 1.807) is 23.1 Å². The highest BCUT2D eigenvalue weighted by molar-refractivity contribution is 6.00. The fourth-order valence-corrected chi connectivity index (χ4v) is 3.11. The van der Waals surface area contributed by atoms with Crippen molar-refractivity contribution in [3.63, 3.8) is 0 Å². The van der Waals surface area contributed by atoms with Crippen molar-refractivity contribution in [2.24, 2.45) is 0 Å². The molecule has 0 spiro atoms. The first-order valence-corrected chi connectivity index (χ1v) is 9.20. The molecule has 3 rings (SSSR count). The normalized spacial score (nSPS) is 13.1. The lowest BCUT2D eigenvalue weighted by molar-refractivity contribution is -0.384. The number of rotatable bonds is 7. The molecule has 2 aromatic rings. The Labute approximate surface area is 172 Å². The van der Waals surface area contributed by atoms with Gasteiger partial charge in [0.2, 0.25) is 11.8 Å². The van der Waals surface area contributed by atoms with Crippen LogP contribution in [0.5, 0.6) is 5.75 Å². The van der Waals surface area contributed by atoms with E-state index in [4.69, 9.17) is 4.74 Å². The number of non-ortho nitro benzene ring substituents is 1. The fraction of sp³-hybridized carbons (Fsp3) is 0.250. The van der Waals surface area contributed by atoms with Gasteiger partial charge < -0.3 is 20.3 Å². The summed E-state index contributed by atoms with van der Waals surface area (Å²) in [4.78, 5) is 48.1. The smallest absolute Gasteiger partial charge is 0.270 e. The van der Waals surface area contributed by atoms with E-state index in [2.05, 4.69) is 10.6 Å². The van der Waals surface area contributed by atoms with Crippen LogP contribution in [0.15, 0.2) is 42.5 Å². The monoisotopic (exact) mass is 412 g/mol. The lowest BCUT2D eigenvalue weighted by Crippen LogP contribution is -2.32. The van der Waals surface area contributed by atoms with E-state index in [-0.39, 0.29) is 23.7 Å². The summed E-state index contributed by atoms with van der Waals surface area (Å²) in [7, 11) is 1.48. The molecule has 156 valence electrons. The minimum Gasteiger partial charge on any atom is -0.494 e. The Balaban J connectivity index is 1.61. The van der Waals surface area contributed by atoms with Crippen LogP contribution in [0.2, 0.25) is 0 Å². The van der Waals surface area contributed by atoms with Crippen LogP contribution in [0.4, 0.5) is 17.1 Å². The second-order valence-electron chi connectivity index (χ2n) is 6.57. The Bertz CT molecular complexity index is 1010. The summed E-state index contributed by atoms with van der Waals surface area (Å²) in [6.07, 6.45) is 1.27. The van der Waals surface area contributed by atoms with Gasteiger partial charge in [-0.05, 0) is 24.6 Å². The zero-order valence-corrected chi connectivity index (χ0v) is 16.2. The summed E-state index contributed by atoms with van der Waals surface area (Å²) in [5.74, 6) is -0.618. The number of amides is 3. The summed E-state index contributed by atoms with van der Waals surface area (Å²) in [5.41, 5.74) is 0.947. The van der Waals surface area contributed by atoms with Gasteiger partial charge in [0, 0.05) is 42.4 Å². The van der Waals surface area contributed by atoms with Crippen LogP contribution in [0.25, 0.3) is 0 Å². The number of nitro benzene ring substituents is 1. The molecular weight excluding hydrogens is 392 g/mol. The second-order valence-corrected chi connectivity index (χ2v) is 6.57. The Hall–Kier alpha value is -3.95. The van der Waals surface area contributed by atoms with Crippen molar-refractivity contribution in [3.8, 4) is 5.75 Å². The van der Waals surface area contributed by atoms with Crippen LogP contribution >= 0.6 is 0 Å². The van der Waals surface area contributed by atoms with Crippen LogP contribution in [-0.4, -0.2) is 42.8 Å². The molecule has 3 amide bonds. The molecular formula is C20H20N4O6. The third-order valence-electron chi connectivity index (χ3n) is 4.56. The molecule has 2 aromatic carbocycles. The maximum atomic E-state index is 12.2. The minimum atomic E-state index is -0.602. The number of methoxy groups -OCH3 is 1. The maximum Gasteiger partial charge on any atom is 0.270 e. The number of anilines is 2. The summed E-state index contributed by atoms with van der Waals surface area (Å²) in [6.45, 7) is 0.292. The lowest BCUT2D eigenvalue weighted by Gasteiger charge is -2.19. The molecule has 0 aliphatic carbocycles. The number of carbonyl (C=O) groups is 3. The molecule has 0 atom stereocenters. The number of carbonyl (C=O) groups excluding carboxylic acids is 3. The molecule has 0 bridgehead atoms. The summed E-state index contributed by atoms with van der Waals surface area (Å²) < 4.78 is 5.34. The zero-order chi connectivity index (χ0) is 21.7. The van der Waals surface area contributed by atoms with Crippen LogP contribution in [0.1, 0.15) is 23.2 Å². The van der Waals surface area contributed by atoms with E-state index >= 15 is 0 Å². The largest absolute Gasteiger partial charge is 0.494 e. The number of hydrogen-bond acceptors (Lipinski definition) is 6. The number of nitro groups is 1. The second kappa shape index (κ2) is 9.03. The number of nitrogens with zero attached hydrogens (tertiary/aromatic N) is 2. The quantitative estimate of drug-likeness (QED) is 0.529. The van der Waals surface area contributed by atoms with Crippen LogP contribution in [-0.2, 0) is 9.59 Å². The highest BCUT2D eigenvalue weighted by Gasteiger charge is 2.24. The van der Waals surface area contributed by atoms with E-state index < -0.39 is 16.7 Å². The fourth-order valence-electron chi connectivity index (χ4n) is 3.11. The predicted octanol–water partition coefficient (Wildman–Crippen LogP) is 2.10. The van der Waals surface area contributed by atoms with Crippen LogP contribution < -0.4 is 20.3 Å². The Morgan fingerprint density at radius 3 is 2.70 bits per heavy atom. The molecule has 1 fully saturated rings. The van der Waals surface area contributed by atoms with E-state index in [1.165, 1.54) is 25.3 Å². The number of ether oxygens (including phenoxy) is 1. The third kappa shape index (κ3) is 4.72. The van der Waals surface area contributed by atoms with Gasteiger partial charge in [-0.2, -0.15) is 0 Å². The van der Waals surface area contributed by atoms with Gasteiger partial charge in [-0.25, -0.2) is 0 Å². The Kier molecular flexibility index (Phi) is 6.26. The highest BCUT2D eigenvalue weighted by Crippen LogP contribution is 2.33. The minimum absolute atomic E-state index is 0.0222. The molecule has 0 unspecified atom stereocenters. The van der Waals surface area contributed by atoms with Crippen molar-refractivity contribution < 1.29 is 24.0 Å². The average Bonchev–Trinajstić information content (AvgIpc) is 3.17. The molecule has 10 nitrogen and oxygen atoms in total. The Morgan fingerprint density at radius 1 is 1.23 bits per heavy atom. The van der Waals surface area contributed by atoms with Crippen molar-refractivity contribution in [3.05, 3.63) is 58.1 Å². The molecule has 10 heteroatoms.